The standard InChI is InChI=1S/C22H16Cl2N4OS/c23-17-8-11-19(20(24)12-17)21-26-27-22(30)28(21)25-13-15-6-9-18(10-7-15)29-14-16-4-2-1-3-5-16/h1-13H,14H2,(H,27,30)/b25-13-. The van der Waals surface area contributed by atoms with Crippen LogP contribution in [0.2, 0.25) is 10.0 Å². The monoisotopic (exact) mass is 454 g/mol. The van der Waals surface area contributed by atoms with Crippen molar-refractivity contribution in [3.63, 3.8) is 0 Å². The number of nitrogens with one attached hydrogen (secondary N) is 1. The molecule has 0 spiro atoms. The summed E-state index contributed by atoms with van der Waals surface area (Å²) in [4.78, 5) is 0. The third-order valence-electron chi connectivity index (χ3n) is 4.27. The van der Waals surface area contributed by atoms with Crippen LogP contribution in [-0.2, 0) is 6.61 Å². The molecule has 0 saturated heterocycles. The average Bonchev–Trinajstić information content (AvgIpc) is 3.12. The predicted molar refractivity (Wildman–Crippen MR) is 123 cm³/mol. The second-order valence-corrected chi connectivity index (χ2v) is 7.61. The van der Waals surface area contributed by atoms with Gasteiger partial charge in [-0.1, -0.05) is 53.5 Å². The maximum absolute atomic E-state index is 6.30. The third kappa shape index (κ3) is 4.79. The highest BCUT2D eigenvalue weighted by atomic mass is 35.5. The highest BCUT2D eigenvalue weighted by Gasteiger charge is 2.12. The highest BCUT2D eigenvalue weighted by molar-refractivity contribution is 7.71. The average molecular weight is 455 g/mol. The van der Waals surface area contributed by atoms with E-state index in [9.17, 15) is 0 Å². The van der Waals surface area contributed by atoms with E-state index in [0.717, 1.165) is 16.9 Å². The summed E-state index contributed by atoms with van der Waals surface area (Å²) in [7, 11) is 0. The fourth-order valence-corrected chi connectivity index (χ4v) is 3.43. The van der Waals surface area contributed by atoms with Crippen molar-refractivity contribution in [1.29, 1.82) is 0 Å². The lowest BCUT2D eigenvalue weighted by Gasteiger charge is -2.06. The van der Waals surface area contributed by atoms with E-state index in [0.29, 0.717) is 32.8 Å². The van der Waals surface area contributed by atoms with Gasteiger partial charge < -0.3 is 4.74 Å². The molecule has 0 amide bonds. The van der Waals surface area contributed by atoms with Crippen LogP contribution in [0, 0.1) is 4.77 Å². The van der Waals surface area contributed by atoms with Crippen molar-refractivity contribution in [2.75, 3.05) is 0 Å². The molecule has 4 aromatic rings. The zero-order valence-electron chi connectivity index (χ0n) is 15.6. The minimum atomic E-state index is 0.357. The summed E-state index contributed by atoms with van der Waals surface area (Å²) in [5.41, 5.74) is 2.68. The fraction of sp³-hybridized carbons (Fsp3) is 0.0455. The molecule has 1 N–H and O–H groups in total. The minimum absolute atomic E-state index is 0.357. The largest absolute Gasteiger partial charge is 0.489 e. The minimum Gasteiger partial charge on any atom is -0.489 e. The van der Waals surface area contributed by atoms with E-state index in [4.69, 9.17) is 40.2 Å². The number of aromatic amines is 1. The number of ether oxygens (including phenoxy) is 1. The predicted octanol–water partition coefficient (Wildman–Crippen LogP) is 6.38. The van der Waals surface area contributed by atoms with E-state index in [2.05, 4.69) is 15.3 Å². The van der Waals surface area contributed by atoms with Crippen LogP contribution in [0.15, 0.2) is 77.9 Å². The Morgan fingerprint density at radius 2 is 1.80 bits per heavy atom. The molecule has 0 aliphatic rings. The molecule has 1 heterocycles. The number of halogens is 2. The normalized spacial score (nSPS) is 11.1. The molecule has 0 bridgehead atoms. The number of hydrogen-bond acceptors (Lipinski definition) is 4. The lowest BCUT2D eigenvalue weighted by atomic mass is 10.2. The first kappa shape index (κ1) is 20.3. The highest BCUT2D eigenvalue weighted by Crippen LogP contribution is 2.29. The summed E-state index contributed by atoms with van der Waals surface area (Å²) in [5, 5.41) is 12.5. The van der Waals surface area contributed by atoms with Gasteiger partial charge in [0, 0.05) is 10.6 Å². The SMILES string of the molecule is S=c1[nH]nc(-c2ccc(Cl)cc2Cl)n1/N=C\c1ccc(OCc2ccccc2)cc1. The second-order valence-electron chi connectivity index (χ2n) is 6.38. The quantitative estimate of drug-likeness (QED) is 0.271. The van der Waals surface area contributed by atoms with E-state index in [1.807, 2.05) is 54.6 Å². The Morgan fingerprint density at radius 3 is 2.53 bits per heavy atom. The van der Waals surface area contributed by atoms with Gasteiger partial charge in [0.15, 0.2) is 5.82 Å². The van der Waals surface area contributed by atoms with Crippen LogP contribution >= 0.6 is 35.4 Å². The van der Waals surface area contributed by atoms with E-state index in [1.54, 1.807) is 24.4 Å². The molecular formula is C22H16Cl2N4OS. The van der Waals surface area contributed by atoms with Crippen molar-refractivity contribution in [2.24, 2.45) is 5.10 Å². The van der Waals surface area contributed by atoms with E-state index in [-0.39, 0.29) is 0 Å². The summed E-state index contributed by atoms with van der Waals surface area (Å²) in [6.45, 7) is 0.518. The Balaban J connectivity index is 1.50. The van der Waals surface area contributed by atoms with Crippen LogP contribution in [0.5, 0.6) is 5.75 Å². The molecule has 0 radical (unpaired) electrons. The van der Waals surface area contributed by atoms with Crippen LogP contribution < -0.4 is 4.74 Å². The van der Waals surface area contributed by atoms with Gasteiger partial charge in [0.1, 0.15) is 12.4 Å². The van der Waals surface area contributed by atoms with Crippen molar-refractivity contribution in [3.05, 3.63) is 98.7 Å². The Kier molecular flexibility index (Phi) is 6.28. The van der Waals surface area contributed by atoms with Gasteiger partial charge in [-0.2, -0.15) is 14.9 Å². The second kappa shape index (κ2) is 9.26. The number of hydrogen-bond donors (Lipinski definition) is 1. The Bertz CT molecular complexity index is 1230. The van der Waals surface area contributed by atoms with Crippen molar-refractivity contribution in [2.45, 2.75) is 6.61 Å². The Labute approximate surface area is 188 Å². The molecule has 5 nitrogen and oxygen atoms in total. The summed E-state index contributed by atoms with van der Waals surface area (Å²) in [6.07, 6.45) is 1.69. The van der Waals surface area contributed by atoms with Gasteiger partial charge in [0.2, 0.25) is 4.77 Å². The summed E-state index contributed by atoms with van der Waals surface area (Å²) >= 11 is 17.6. The summed E-state index contributed by atoms with van der Waals surface area (Å²) in [6, 6.07) is 22.8. The van der Waals surface area contributed by atoms with Crippen LogP contribution in [0.25, 0.3) is 11.4 Å². The molecule has 0 unspecified atom stereocenters. The Hall–Kier alpha value is -2.93. The number of aromatic nitrogens is 3. The number of nitrogens with zero attached hydrogens (tertiary/aromatic N) is 3. The van der Waals surface area contributed by atoms with Crippen molar-refractivity contribution >= 4 is 41.6 Å². The van der Waals surface area contributed by atoms with Crippen molar-refractivity contribution in [1.82, 2.24) is 14.9 Å². The van der Waals surface area contributed by atoms with Gasteiger partial charge in [0.25, 0.3) is 0 Å². The zero-order chi connectivity index (χ0) is 20.9. The molecule has 3 aromatic carbocycles. The van der Waals surface area contributed by atoms with Gasteiger partial charge in [-0.05, 0) is 65.8 Å². The first-order valence-corrected chi connectivity index (χ1v) is 10.2. The van der Waals surface area contributed by atoms with E-state index in [1.165, 1.54) is 4.68 Å². The van der Waals surface area contributed by atoms with E-state index < -0.39 is 0 Å². The lowest BCUT2D eigenvalue weighted by molar-refractivity contribution is 0.306. The third-order valence-corrected chi connectivity index (χ3v) is 5.09. The molecule has 0 saturated carbocycles. The van der Waals surface area contributed by atoms with E-state index >= 15 is 0 Å². The van der Waals surface area contributed by atoms with Gasteiger partial charge in [0.05, 0.1) is 11.2 Å². The molecule has 0 atom stereocenters. The van der Waals surface area contributed by atoms with Crippen molar-refractivity contribution < 1.29 is 4.74 Å². The summed E-state index contributed by atoms with van der Waals surface area (Å²) in [5.74, 6) is 1.28. The van der Waals surface area contributed by atoms with Gasteiger partial charge in [-0.15, -0.1) is 0 Å². The first-order chi connectivity index (χ1) is 14.6. The fourth-order valence-electron chi connectivity index (χ4n) is 2.76. The Morgan fingerprint density at radius 1 is 1.03 bits per heavy atom. The molecule has 1 aromatic heterocycles. The lowest BCUT2D eigenvalue weighted by Crippen LogP contribution is -1.96. The summed E-state index contributed by atoms with van der Waals surface area (Å²) < 4.78 is 7.68. The first-order valence-electron chi connectivity index (χ1n) is 9.04. The van der Waals surface area contributed by atoms with Crippen LogP contribution in [0.1, 0.15) is 11.1 Å². The van der Waals surface area contributed by atoms with Crippen LogP contribution in [0.4, 0.5) is 0 Å². The molecular weight excluding hydrogens is 439 g/mol. The molecule has 0 fully saturated rings. The number of H-pyrrole nitrogens is 1. The zero-order valence-corrected chi connectivity index (χ0v) is 18.0. The van der Waals surface area contributed by atoms with Gasteiger partial charge in [-0.25, -0.2) is 5.10 Å². The molecule has 0 aliphatic carbocycles. The maximum Gasteiger partial charge on any atom is 0.216 e. The molecule has 0 aliphatic heterocycles. The molecule has 30 heavy (non-hydrogen) atoms. The topological polar surface area (TPSA) is 55.2 Å². The van der Waals surface area contributed by atoms with Gasteiger partial charge >= 0.3 is 0 Å². The van der Waals surface area contributed by atoms with Crippen LogP contribution in [0.3, 0.4) is 0 Å². The van der Waals surface area contributed by atoms with Crippen LogP contribution in [-0.4, -0.2) is 21.1 Å². The smallest absolute Gasteiger partial charge is 0.216 e. The molecule has 150 valence electrons. The molecule has 4 rings (SSSR count). The maximum atomic E-state index is 6.30. The van der Waals surface area contributed by atoms with Gasteiger partial charge in [-0.3, -0.25) is 0 Å². The number of benzene rings is 3. The molecule has 8 heteroatoms. The number of rotatable bonds is 6. The van der Waals surface area contributed by atoms with Crippen molar-refractivity contribution in [3.8, 4) is 17.1 Å².